The zero-order chi connectivity index (χ0) is 16.0. The van der Waals surface area contributed by atoms with E-state index in [1.807, 2.05) is 30.0 Å². The summed E-state index contributed by atoms with van der Waals surface area (Å²) in [5.74, 6) is 0.831. The third-order valence-corrected chi connectivity index (χ3v) is 5.58. The number of amides is 1. The minimum absolute atomic E-state index is 0.152. The number of carbonyl (C=O) groups excluding carboxylic acids is 1. The van der Waals surface area contributed by atoms with E-state index in [2.05, 4.69) is 15.5 Å². The summed E-state index contributed by atoms with van der Waals surface area (Å²) >= 11 is 6.06. The Labute approximate surface area is 140 Å². The number of fused-ring (bicyclic) bond motifs is 1. The van der Waals surface area contributed by atoms with Crippen LogP contribution in [0.25, 0.3) is 10.9 Å². The fourth-order valence-corrected chi connectivity index (χ4v) is 3.69. The van der Waals surface area contributed by atoms with Gasteiger partial charge in [0.25, 0.3) is 0 Å². The van der Waals surface area contributed by atoms with Gasteiger partial charge in [-0.2, -0.15) is 5.10 Å². The van der Waals surface area contributed by atoms with E-state index in [1.165, 1.54) is 12.8 Å². The smallest absolute Gasteiger partial charge is 0.244 e. The molecule has 4 rings (SSSR count). The van der Waals surface area contributed by atoms with Crippen molar-refractivity contribution in [2.45, 2.75) is 38.6 Å². The monoisotopic (exact) mass is 332 g/mol. The number of anilines is 1. The molecule has 0 unspecified atom stereocenters. The van der Waals surface area contributed by atoms with Crippen molar-refractivity contribution < 1.29 is 4.79 Å². The van der Waals surface area contributed by atoms with E-state index in [1.54, 1.807) is 0 Å². The molecule has 1 aromatic heterocycles. The molecule has 0 bridgehead atoms. The van der Waals surface area contributed by atoms with Crippen molar-refractivity contribution in [2.24, 2.45) is 5.41 Å². The highest BCUT2D eigenvalue weighted by molar-refractivity contribution is 6.31. The molecule has 23 heavy (non-hydrogen) atoms. The van der Waals surface area contributed by atoms with E-state index in [-0.39, 0.29) is 11.9 Å². The lowest BCUT2D eigenvalue weighted by Crippen LogP contribution is -2.45. The Hall–Kier alpha value is -1.75. The van der Waals surface area contributed by atoms with E-state index >= 15 is 0 Å². The van der Waals surface area contributed by atoms with Crippen LogP contribution in [0.15, 0.2) is 18.2 Å². The molecule has 5 nitrogen and oxygen atoms in total. The van der Waals surface area contributed by atoms with Crippen molar-refractivity contribution in [3.63, 3.8) is 0 Å². The van der Waals surface area contributed by atoms with Gasteiger partial charge >= 0.3 is 0 Å². The lowest BCUT2D eigenvalue weighted by Gasteiger charge is -2.33. The second-order valence-electron chi connectivity index (χ2n) is 6.95. The van der Waals surface area contributed by atoms with Gasteiger partial charge in [0, 0.05) is 23.5 Å². The standard InChI is InChI=1S/C17H21ClN4O/c1-11(16(23)22-8-6-17(4-5-17)7-9-22)19-15-13-10-12(18)2-3-14(13)20-21-15/h2-3,10-11H,4-9H2,1H3,(H2,19,20,21)/t11-/m1/s1. The number of aromatic amines is 1. The zero-order valence-electron chi connectivity index (χ0n) is 13.2. The van der Waals surface area contributed by atoms with Gasteiger partial charge in [-0.15, -0.1) is 0 Å². The van der Waals surface area contributed by atoms with Gasteiger partial charge in [0.05, 0.1) is 5.52 Å². The first kappa shape index (κ1) is 14.8. The maximum absolute atomic E-state index is 12.7. The molecule has 1 saturated heterocycles. The predicted octanol–water partition coefficient (Wildman–Crippen LogP) is 3.42. The van der Waals surface area contributed by atoms with Crippen LogP contribution in [0.1, 0.15) is 32.6 Å². The highest BCUT2D eigenvalue weighted by Gasteiger charge is 2.45. The molecule has 2 aliphatic rings. The summed E-state index contributed by atoms with van der Waals surface area (Å²) < 4.78 is 0. The van der Waals surface area contributed by atoms with Crippen LogP contribution in [-0.4, -0.2) is 40.1 Å². The van der Waals surface area contributed by atoms with Crippen LogP contribution in [-0.2, 0) is 4.79 Å². The number of hydrogen-bond donors (Lipinski definition) is 2. The average Bonchev–Trinajstić information content (AvgIpc) is 3.20. The molecule has 2 aromatic rings. The number of rotatable bonds is 3. The SMILES string of the molecule is C[C@@H](Nc1n[nH]c2ccc(Cl)cc12)C(=O)N1CCC2(CC1)CC2. The summed E-state index contributed by atoms with van der Waals surface area (Å²) in [5, 5.41) is 12.0. The molecule has 1 saturated carbocycles. The van der Waals surface area contributed by atoms with Crippen molar-refractivity contribution >= 4 is 34.2 Å². The maximum atomic E-state index is 12.7. The Kier molecular flexibility index (Phi) is 3.48. The van der Waals surface area contributed by atoms with Gasteiger partial charge in [-0.3, -0.25) is 9.89 Å². The third kappa shape index (κ3) is 2.78. The largest absolute Gasteiger partial charge is 0.357 e. The molecular weight excluding hydrogens is 312 g/mol. The summed E-state index contributed by atoms with van der Waals surface area (Å²) in [5.41, 5.74) is 1.49. The average molecular weight is 333 g/mol. The summed E-state index contributed by atoms with van der Waals surface area (Å²) in [6, 6.07) is 5.27. The zero-order valence-corrected chi connectivity index (χ0v) is 14.0. The number of H-pyrrole nitrogens is 1. The maximum Gasteiger partial charge on any atom is 0.244 e. The molecule has 2 fully saturated rings. The molecule has 1 amide bonds. The second kappa shape index (κ2) is 5.41. The number of nitrogens with zero attached hydrogens (tertiary/aromatic N) is 2. The minimum atomic E-state index is -0.297. The first-order valence-corrected chi connectivity index (χ1v) is 8.63. The van der Waals surface area contributed by atoms with Crippen LogP contribution < -0.4 is 5.32 Å². The first-order chi connectivity index (χ1) is 11.1. The molecule has 1 aliphatic carbocycles. The van der Waals surface area contributed by atoms with Crippen molar-refractivity contribution in [1.29, 1.82) is 0 Å². The highest BCUT2D eigenvalue weighted by Crippen LogP contribution is 2.53. The van der Waals surface area contributed by atoms with Crippen LogP contribution in [0.2, 0.25) is 5.02 Å². The van der Waals surface area contributed by atoms with Crippen LogP contribution in [0, 0.1) is 5.41 Å². The van der Waals surface area contributed by atoms with Crippen molar-refractivity contribution in [2.75, 3.05) is 18.4 Å². The summed E-state index contributed by atoms with van der Waals surface area (Å²) in [4.78, 5) is 14.6. The van der Waals surface area contributed by atoms with Crippen LogP contribution in [0.3, 0.4) is 0 Å². The third-order valence-electron chi connectivity index (χ3n) is 5.34. The normalized spacial score (nSPS) is 20.7. The fourth-order valence-electron chi connectivity index (χ4n) is 3.52. The molecule has 2 N–H and O–H groups in total. The summed E-state index contributed by atoms with van der Waals surface area (Å²) in [6.07, 6.45) is 5.02. The topological polar surface area (TPSA) is 61.0 Å². The molecule has 1 aromatic carbocycles. The van der Waals surface area contributed by atoms with Crippen LogP contribution in [0.4, 0.5) is 5.82 Å². The number of nitrogens with one attached hydrogen (secondary N) is 2. The van der Waals surface area contributed by atoms with Gasteiger partial charge in [0.2, 0.25) is 5.91 Å². The molecule has 0 radical (unpaired) electrons. The lowest BCUT2D eigenvalue weighted by molar-refractivity contribution is -0.133. The van der Waals surface area contributed by atoms with Gasteiger partial charge in [0.1, 0.15) is 6.04 Å². The van der Waals surface area contributed by atoms with E-state index in [0.29, 0.717) is 16.3 Å². The number of benzene rings is 1. The molecular formula is C17H21ClN4O. The molecule has 1 aliphatic heterocycles. The molecule has 1 spiro atoms. The van der Waals surface area contributed by atoms with Crippen molar-refractivity contribution in [1.82, 2.24) is 15.1 Å². The Morgan fingerprint density at radius 1 is 1.35 bits per heavy atom. The Balaban J connectivity index is 1.45. The molecule has 122 valence electrons. The van der Waals surface area contributed by atoms with Crippen molar-refractivity contribution in [3.8, 4) is 0 Å². The van der Waals surface area contributed by atoms with E-state index in [0.717, 1.165) is 36.8 Å². The van der Waals surface area contributed by atoms with Gasteiger partial charge in [-0.05, 0) is 56.2 Å². The Morgan fingerprint density at radius 3 is 2.78 bits per heavy atom. The first-order valence-electron chi connectivity index (χ1n) is 8.25. The summed E-state index contributed by atoms with van der Waals surface area (Å²) in [6.45, 7) is 3.67. The number of halogens is 1. The Morgan fingerprint density at radius 2 is 2.09 bits per heavy atom. The van der Waals surface area contributed by atoms with E-state index in [9.17, 15) is 4.79 Å². The van der Waals surface area contributed by atoms with Gasteiger partial charge < -0.3 is 10.2 Å². The molecule has 2 heterocycles. The quantitative estimate of drug-likeness (QED) is 0.905. The van der Waals surface area contributed by atoms with E-state index in [4.69, 9.17) is 11.6 Å². The predicted molar refractivity (Wildman–Crippen MR) is 91.7 cm³/mol. The number of likely N-dealkylation sites (tertiary alicyclic amines) is 1. The van der Waals surface area contributed by atoms with Crippen LogP contribution in [0.5, 0.6) is 0 Å². The number of hydrogen-bond acceptors (Lipinski definition) is 3. The van der Waals surface area contributed by atoms with Crippen LogP contribution >= 0.6 is 11.6 Å². The number of aromatic nitrogens is 2. The number of piperidine rings is 1. The number of carbonyl (C=O) groups is 1. The van der Waals surface area contributed by atoms with Gasteiger partial charge in [-0.1, -0.05) is 11.6 Å². The second-order valence-corrected chi connectivity index (χ2v) is 7.39. The van der Waals surface area contributed by atoms with Crippen molar-refractivity contribution in [3.05, 3.63) is 23.2 Å². The molecule has 1 atom stereocenters. The highest BCUT2D eigenvalue weighted by atomic mass is 35.5. The fraction of sp³-hybridized carbons (Fsp3) is 0.529. The molecule has 6 heteroatoms. The van der Waals surface area contributed by atoms with Gasteiger partial charge in [0.15, 0.2) is 5.82 Å². The Bertz CT molecular complexity index is 742. The van der Waals surface area contributed by atoms with Gasteiger partial charge in [-0.25, -0.2) is 0 Å². The lowest BCUT2D eigenvalue weighted by atomic mass is 9.93. The summed E-state index contributed by atoms with van der Waals surface area (Å²) in [7, 11) is 0. The van der Waals surface area contributed by atoms with E-state index < -0.39 is 0 Å². The minimum Gasteiger partial charge on any atom is -0.357 e.